The molecule has 5 heteroatoms. The summed E-state index contributed by atoms with van der Waals surface area (Å²) >= 11 is 0. The molecular weight excluding hydrogens is 280 g/mol. The van der Waals surface area contributed by atoms with Crippen molar-refractivity contribution in [2.75, 3.05) is 13.7 Å². The third-order valence-corrected chi connectivity index (χ3v) is 4.49. The zero-order valence-electron chi connectivity index (χ0n) is 13.0. The van der Waals surface area contributed by atoms with Gasteiger partial charge in [0.1, 0.15) is 5.70 Å². The Labute approximate surface area is 130 Å². The van der Waals surface area contributed by atoms with Gasteiger partial charge in [0.05, 0.1) is 18.7 Å². The minimum absolute atomic E-state index is 0.0307. The average molecular weight is 300 g/mol. The van der Waals surface area contributed by atoms with Crippen LogP contribution >= 0.6 is 0 Å². The number of hydrogen-bond donors (Lipinski definition) is 0. The van der Waals surface area contributed by atoms with Gasteiger partial charge in [-0.05, 0) is 30.9 Å². The molecule has 116 valence electrons. The second kappa shape index (κ2) is 5.91. The first-order valence-corrected chi connectivity index (χ1v) is 7.75. The Bertz CT molecular complexity index is 651. The molecule has 3 heterocycles. The van der Waals surface area contributed by atoms with Crippen molar-refractivity contribution in [2.45, 2.75) is 38.6 Å². The normalized spacial score (nSPS) is 20.3. The van der Waals surface area contributed by atoms with Crippen molar-refractivity contribution < 1.29 is 14.3 Å². The van der Waals surface area contributed by atoms with Crippen molar-refractivity contribution in [3.05, 3.63) is 35.3 Å². The standard InChI is InChI=1S/C17H20N2O3/c1-3-14(20)15-11-7-8-18-10-12(11)13-6-4-5-9-19(13)16(15)17(21)22-2/h7-8,10,13H,3-6,9H2,1-2H3. The zero-order chi connectivity index (χ0) is 15.7. The van der Waals surface area contributed by atoms with Crippen molar-refractivity contribution in [1.29, 1.82) is 0 Å². The van der Waals surface area contributed by atoms with Crippen LogP contribution in [0.1, 0.15) is 49.8 Å². The van der Waals surface area contributed by atoms with Gasteiger partial charge in [-0.1, -0.05) is 6.92 Å². The first-order valence-electron chi connectivity index (χ1n) is 7.75. The van der Waals surface area contributed by atoms with Gasteiger partial charge in [-0.2, -0.15) is 0 Å². The lowest BCUT2D eigenvalue weighted by Crippen LogP contribution is -2.40. The van der Waals surface area contributed by atoms with Gasteiger partial charge in [-0.3, -0.25) is 9.78 Å². The van der Waals surface area contributed by atoms with E-state index in [2.05, 4.69) is 4.98 Å². The second-order valence-corrected chi connectivity index (χ2v) is 5.66. The van der Waals surface area contributed by atoms with E-state index in [-0.39, 0.29) is 11.8 Å². The highest BCUT2D eigenvalue weighted by Gasteiger charge is 2.39. The molecule has 1 unspecified atom stereocenters. The summed E-state index contributed by atoms with van der Waals surface area (Å²) in [5, 5.41) is 0. The zero-order valence-corrected chi connectivity index (χ0v) is 13.0. The number of hydrogen-bond acceptors (Lipinski definition) is 5. The molecule has 0 aliphatic carbocycles. The molecule has 0 bridgehead atoms. The number of carbonyl (C=O) groups excluding carboxylic acids is 2. The summed E-state index contributed by atoms with van der Waals surface area (Å²) in [5.74, 6) is -0.456. The number of pyridine rings is 1. The first-order chi connectivity index (χ1) is 10.7. The summed E-state index contributed by atoms with van der Waals surface area (Å²) in [6.07, 6.45) is 6.95. The molecule has 2 aliphatic heterocycles. The number of piperidine rings is 1. The molecule has 22 heavy (non-hydrogen) atoms. The highest BCUT2D eigenvalue weighted by molar-refractivity contribution is 6.26. The quantitative estimate of drug-likeness (QED) is 0.803. The van der Waals surface area contributed by atoms with Crippen LogP contribution in [0.15, 0.2) is 24.2 Å². The van der Waals surface area contributed by atoms with Gasteiger partial charge in [-0.25, -0.2) is 4.79 Å². The molecule has 0 radical (unpaired) electrons. The van der Waals surface area contributed by atoms with Gasteiger partial charge >= 0.3 is 5.97 Å². The van der Waals surface area contributed by atoms with Crippen LogP contribution in [0.5, 0.6) is 0 Å². The largest absolute Gasteiger partial charge is 0.464 e. The summed E-state index contributed by atoms with van der Waals surface area (Å²) in [6.45, 7) is 2.58. The summed E-state index contributed by atoms with van der Waals surface area (Å²) in [6, 6.07) is 1.95. The maximum absolute atomic E-state index is 12.5. The topological polar surface area (TPSA) is 59.5 Å². The van der Waals surface area contributed by atoms with Crippen LogP contribution in [-0.4, -0.2) is 35.3 Å². The lowest BCUT2D eigenvalue weighted by Gasteiger charge is -2.42. The predicted molar refractivity (Wildman–Crippen MR) is 81.8 cm³/mol. The minimum Gasteiger partial charge on any atom is -0.464 e. The fraction of sp³-hybridized carbons (Fsp3) is 0.471. The molecule has 1 atom stereocenters. The van der Waals surface area contributed by atoms with E-state index >= 15 is 0 Å². The lowest BCUT2D eigenvalue weighted by atomic mass is 9.83. The van der Waals surface area contributed by atoms with Crippen molar-refractivity contribution in [3.8, 4) is 0 Å². The summed E-state index contributed by atoms with van der Waals surface area (Å²) in [4.78, 5) is 31.2. The van der Waals surface area contributed by atoms with Gasteiger partial charge in [0.2, 0.25) is 0 Å². The Hall–Kier alpha value is -2.17. The second-order valence-electron chi connectivity index (χ2n) is 5.66. The number of esters is 1. The van der Waals surface area contributed by atoms with E-state index in [0.29, 0.717) is 17.7 Å². The number of ketones is 1. The van der Waals surface area contributed by atoms with E-state index in [1.165, 1.54) is 7.11 Å². The van der Waals surface area contributed by atoms with Crippen molar-refractivity contribution in [3.63, 3.8) is 0 Å². The lowest BCUT2D eigenvalue weighted by molar-refractivity contribution is -0.138. The van der Waals surface area contributed by atoms with Gasteiger partial charge in [0, 0.05) is 30.9 Å². The number of allylic oxidation sites excluding steroid dienone is 1. The summed E-state index contributed by atoms with van der Waals surface area (Å²) < 4.78 is 4.97. The molecule has 1 fully saturated rings. The van der Waals surface area contributed by atoms with E-state index in [1.54, 1.807) is 6.20 Å². The highest BCUT2D eigenvalue weighted by Crippen LogP contribution is 2.44. The number of fused-ring (bicyclic) bond motifs is 3. The summed E-state index contributed by atoms with van der Waals surface area (Å²) in [7, 11) is 1.37. The maximum Gasteiger partial charge on any atom is 0.355 e. The molecule has 0 spiro atoms. The number of rotatable bonds is 3. The van der Waals surface area contributed by atoms with Crippen molar-refractivity contribution in [2.24, 2.45) is 0 Å². The molecule has 0 N–H and O–H groups in total. The van der Waals surface area contributed by atoms with Crippen LogP contribution in [0.4, 0.5) is 0 Å². The highest BCUT2D eigenvalue weighted by atomic mass is 16.5. The van der Waals surface area contributed by atoms with E-state index in [1.807, 2.05) is 24.1 Å². The Kier molecular flexibility index (Phi) is 3.96. The molecule has 1 aromatic rings. The molecule has 0 saturated carbocycles. The van der Waals surface area contributed by atoms with Gasteiger partial charge in [-0.15, -0.1) is 0 Å². The number of aromatic nitrogens is 1. The Morgan fingerprint density at radius 1 is 1.41 bits per heavy atom. The monoisotopic (exact) mass is 300 g/mol. The van der Waals surface area contributed by atoms with Crippen molar-refractivity contribution >= 4 is 17.3 Å². The fourth-order valence-electron chi connectivity index (χ4n) is 3.47. The Balaban J connectivity index is 2.26. The number of ether oxygens (including phenoxy) is 1. The van der Waals surface area contributed by atoms with Crippen LogP contribution < -0.4 is 0 Å². The smallest absolute Gasteiger partial charge is 0.355 e. The Morgan fingerprint density at radius 2 is 2.23 bits per heavy atom. The van der Waals surface area contributed by atoms with Crippen LogP contribution in [0, 0.1) is 0 Å². The number of Topliss-reactive ketones (excluding diaryl/α,β-unsaturated/α-hetero) is 1. The van der Waals surface area contributed by atoms with Crippen LogP contribution in [0.25, 0.3) is 5.57 Å². The van der Waals surface area contributed by atoms with Gasteiger partial charge in [0.15, 0.2) is 5.78 Å². The van der Waals surface area contributed by atoms with E-state index in [9.17, 15) is 9.59 Å². The summed E-state index contributed by atoms with van der Waals surface area (Å²) in [5.41, 5.74) is 2.81. The van der Waals surface area contributed by atoms with Crippen molar-refractivity contribution in [1.82, 2.24) is 9.88 Å². The molecule has 5 nitrogen and oxygen atoms in total. The van der Waals surface area contributed by atoms with Crippen LogP contribution in [0.2, 0.25) is 0 Å². The molecule has 1 saturated heterocycles. The van der Waals surface area contributed by atoms with Crippen LogP contribution in [-0.2, 0) is 14.3 Å². The minimum atomic E-state index is -0.425. The number of carbonyl (C=O) groups is 2. The van der Waals surface area contributed by atoms with E-state index in [0.717, 1.165) is 36.9 Å². The molecule has 0 aromatic carbocycles. The average Bonchev–Trinajstić information content (AvgIpc) is 2.59. The first kappa shape index (κ1) is 14.8. The molecule has 1 aromatic heterocycles. The third-order valence-electron chi connectivity index (χ3n) is 4.49. The molecule has 2 aliphatic rings. The fourth-order valence-corrected chi connectivity index (χ4v) is 3.47. The maximum atomic E-state index is 12.5. The molecule has 0 amide bonds. The van der Waals surface area contributed by atoms with E-state index < -0.39 is 5.97 Å². The predicted octanol–water partition coefficient (Wildman–Crippen LogP) is 2.49. The number of methoxy groups -OCH3 is 1. The third kappa shape index (κ3) is 2.21. The molecule has 3 rings (SSSR count). The Morgan fingerprint density at radius 3 is 2.95 bits per heavy atom. The number of nitrogens with zero attached hydrogens (tertiary/aromatic N) is 2. The van der Waals surface area contributed by atoms with E-state index in [4.69, 9.17) is 4.74 Å². The van der Waals surface area contributed by atoms with Crippen LogP contribution in [0.3, 0.4) is 0 Å². The van der Waals surface area contributed by atoms with Gasteiger partial charge < -0.3 is 9.64 Å². The SMILES string of the molecule is CCC(=O)C1=C(C(=O)OC)N2CCCCC2c2cnccc21. The molecular formula is C17H20N2O3. The van der Waals surface area contributed by atoms with Gasteiger partial charge in [0.25, 0.3) is 0 Å².